The van der Waals surface area contributed by atoms with E-state index in [1.54, 1.807) is 0 Å². The van der Waals surface area contributed by atoms with Gasteiger partial charge in [-0.2, -0.15) is 0 Å². The van der Waals surface area contributed by atoms with E-state index >= 15 is 0 Å². The molecule has 7 heavy (non-hydrogen) atoms. The number of hydrogen-bond donors (Lipinski definition) is 1. The first kappa shape index (κ1) is 5.95. The Bertz CT molecular complexity index is 51.7. The molecule has 0 aromatic heterocycles. The normalized spacial score (nSPS) is 36.4. The average Bonchev–Trinajstić information content (AvgIpc) is 1.69. The van der Waals surface area contributed by atoms with Crippen molar-refractivity contribution in [2.75, 3.05) is 24.6 Å². The summed E-state index contributed by atoms with van der Waals surface area (Å²) in [5, 5.41) is 0. The first-order chi connectivity index (χ1) is 3.39. The SMILES string of the molecule is OP1CCPCC1. The highest BCUT2D eigenvalue weighted by Crippen LogP contribution is 2.37. The number of rotatable bonds is 0. The molecule has 1 saturated heterocycles. The highest BCUT2D eigenvalue weighted by atomic mass is 31.1. The Hall–Kier alpha value is 0.820. The second kappa shape index (κ2) is 2.97. The van der Waals surface area contributed by atoms with Crippen LogP contribution in [0.5, 0.6) is 0 Å². The van der Waals surface area contributed by atoms with Gasteiger partial charge in [0.05, 0.1) is 0 Å². The molecule has 0 bridgehead atoms. The molecule has 42 valence electrons. The van der Waals surface area contributed by atoms with Crippen LogP contribution in [0.1, 0.15) is 0 Å². The fraction of sp³-hybridized carbons (Fsp3) is 1.00. The van der Waals surface area contributed by atoms with Crippen LogP contribution in [0.2, 0.25) is 0 Å². The van der Waals surface area contributed by atoms with Crippen molar-refractivity contribution < 1.29 is 4.89 Å². The third kappa shape index (κ3) is 2.04. The molecule has 0 radical (unpaired) electrons. The molecule has 0 aromatic carbocycles. The van der Waals surface area contributed by atoms with Gasteiger partial charge in [0.25, 0.3) is 0 Å². The van der Waals surface area contributed by atoms with Gasteiger partial charge in [-0.3, -0.25) is 0 Å². The molecule has 1 rings (SSSR count). The van der Waals surface area contributed by atoms with Crippen LogP contribution in [0.3, 0.4) is 0 Å². The molecule has 1 nitrogen and oxygen atoms in total. The quantitative estimate of drug-likeness (QED) is 0.494. The van der Waals surface area contributed by atoms with Crippen LogP contribution in [-0.4, -0.2) is 29.5 Å². The molecule has 1 aliphatic heterocycles. The van der Waals surface area contributed by atoms with E-state index in [9.17, 15) is 0 Å². The van der Waals surface area contributed by atoms with Gasteiger partial charge in [-0.15, -0.1) is 8.58 Å². The third-order valence-electron chi connectivity index (χ3n) is 1.09. The van der Waals surface area contributed by atoms with Crippen molar-refractivity contribution in [2.45, 2.75) is 0 Å². The molecule has 0 aromatic rings. The molecule has 0 atom stereocenters. The van der Waals surface area contributed by atoms with E-state index in [1.165, 1.54) is 12.3 Å². The van der Waals surface area contributed by atoms with Crippen molar-refractivity contribution in [3.8, 4) is 0 Å². The zero-order valence-electron chi connectivity index (χ0n) is 4.22. The lowest BCUT2D eigenvalue weighted by atomic mass is 10.9. The zero-order chi connectivity index (χ0) is 5.11. The van der Waals surface area contributed by atoms with Crippen LogP contribution < -0.4 is 0 Å². The largest absolute Gasteiger partial charge is 0.374 e. The summed E-state index contributed by atoms with van der Waals surface area (Å²) in [6, 6.07) is 0. The smallest absolute Gasteiger partial charge is 0.0258 e. The predicted octanol–water partition coefficient (Wildman–Crippen LogP) is 1.07. The average molecular weight is 136 g/mol. The summed E-state index contributed by atoms with van der Waals surface area (Å²) >= 11 is 0. The van der Waals surface area contributed by atoms with Gasteiger partial charge in [0, 0.05) is 8.15 Å². The Morgan fingerprint density at radius 1 is 1.29 bits per heavy atom. The van der Waals surface area contributed by atoms with E-state index < -0.39 is 8.15 Å². The first-order valence-electron chi connectivity index (χ1n) is 2.54. The van der Waals surface area contributed by atoms with Gasteiger partial charge in [-0.25, -0.2) is 0 Å². The lowest BCUT2D eigenvalue weighted by Gasteiger charge is -2.14. The van der Waals surface area contributed by atoms with Crippen LogP contribution in [0.25, 0.3) is 0 Å². The van der Waals surface area contributed by atoms with Crippen LogP contribution in [-0.2, 0) is 0 Å². The third-order valence-corrected chi connectivity index (χ3v) is 4.62. The van der Waals surface area contributed by atoms with Crippen LogP contribution in [0, 0.1) is 0 Å². The molecule has 0 unspecified atom stereocenters. The van der Waals surface area contributed by atoms with E-state index in [0.29, 0.717) is 0 Å². The van der Waals surface area contributed by atoms with Gasteiger partial charge < -0.3 is 4.89 Å². The summed E-state index contributed by atoms with van der Waals surface area (Å²) in [6.07, 6.45) is 4.83. The lowest BCUT2D eigenvalue weighted by molar-refractivity contribution is 0.625. The summed E-state index contributed by atoms with van der Waals surface area (Å²) in [6.45, 7) is 0. The molecule has 0 saturated carbocycles. The molecule has 1 N–H and O–H groups in total. The van der Waals surface area contributed by atoms with E-state index in [4.69, 9.17) is 4.89 Å². The summed E-state index contributed by atoms with van der Waals surface area (Å²) < 4.78 is 0. The van der Waals surface area contributed by atoms with Gasteiger partial charge in [0.1, 0.15) is 0 Å². The summed E-state index contributed by atoms with van der Waals surface area (Å²) in [5.74, 6) is 0. The number of hydrogen-bond acceptors (Lipinski definition) is 1. The predicted molar refractivity (Wildman–Crippen MR) is 36.9 cm³/mol. The Kier molecular flexibility index (Phi) is 2.52. The highest BCUT2D eigenvalue weighted by molar-refractivity contribution is 7.55. The minimum atomic E-state index is -0.485. The lowest BCUT2D eigenvalue weighted by Crippen LogP contribution is -2.00. The van der Waals surface area contributed by atoms with E-state index in [1.807, 2.05) is 0 Å². The summed E-state index contributed by atoms with van der Waals surface area (Å²) in [7, 11) is 0.659. The molecule has 1 heterocycles. The molecule has 0 amide bonds. The van der Waals surface area contributed by atoms with Crippen LogP contribution in [0.4, 0.5) is 0 Å². The summed E-state index contributed by atoms with van der Waals surface area (Å²) in [4.78, 5) is 8.98. The maximum Gasteiger partial charge on any atom is 0.0258 e. The van der Waals surface area contributed by atoms with Crippen molar-refractivity contribution in [1.82, 2.24) is 0 Å². The van der Waals surface area contributed by atoms with E-state index in [-0.39, 0.29) is 0 Å². The Labute approximate surface area is 47.1 Å². The maximum atomic E-state index is 8.98. The second-order valence-electron chi connectivity index (χ2n) is 1.70. The van der Waals surface area contributed by atoms with Gasteiger partial charge in [-0.05, 0) is 24.6 Å². The monoisotopic (exact) mass is 136 g/mol. The first-order valence-corrected chi connectivity index (χ1v) is 5.62. The van der Waals surface area contributed by atoms with Crippen LogP contribution >= 0.6 is 16.7 Å². The second-order valence-corrected chi connectivity index (χ2v) is 5.11. The fourth-order valence-corrected chi connectivity index (χ4v) is 4.46. The van der Waals surface area contributed by atoms with Gasteiger partial charge in [0.2, 0.25) is 0 Å². The summed E-state index contributed by atoms with van der Waals surface area (Å²) in [5.41, 5.74) is 0. The minimum absolute atomic E-state index is 0.485. The van der Waals surface area contributed by atoms with Crippen molar-refractivity contribution in [3.05, 3.63) is 0 Å². The van der Waals surface area contributed by atoms with Crippen molar-refractivity contribution >= 4 is 16.7 Å². The Balaban J connectivity index is 2.12. The molecule has 0 aliphatic carbocycles. The topological polar surface area (TPSA) is 20.2 Å². The minimum Gasteiger partial charge on any atom is -0.374 e. The molecule has 0 spiro atoms. The van der Waals surface area contributed by atoms with Gasteiger partial charge >= 0.3 is 0 Å². The fourth-order valence-electron chi connectivity index (χ4n) is 0.653. The molecular weight excluding hydrogens is 126 g/mol. The maximum absolute atomic E-state index is 8.98. The Morgan fingerprint density at radius 2 is 1.86 bits per heavy atom. The molecule has 3 heteroatoms. The van der Waals surface area contributed by atoms with Crippen LogP contribution in [0.15, 0.2) is 0 Å². The zero-order valence-corrected chi connectivity index (χ0v) is 6.12. The molecule has 1 aliphatic rings. The van der Waals surface area contributed by atoms with Gasteiger partial charge in [-0.1, -0.05) is 0 Å². The molecular formula is C4H10OP2. The van der Waals surface area contributed by atoms with Crippen molar-refractivity contribution in [2.24, 2.45) is 0 Å². The molecule has 1 fully saturated rings. The highest BCUT2D eigenvalue weighted by Gasteiger charge is 2.07. The van der Waals surface area contributed by atoms with Gasteiger partial charge in [0.15, 0.2) is 0 Å². The van der Waals surface area contributed by atoms with Crippen molar-refractivity contribution in [3.63, 3.8) is 0 Å². The van der Waals surface area contributed by atoms with E-state index in [2.05, 4.69) is 0 Å². The van der Waals surface area contributed by atoms with E-state index in [0.717, 1.165) is 20.9 Å². The van der Waals surface area contributed by atoms with Crippen molar-refractivity contribution in [1.29, 1.82) is 0 Å². The standard InChI is InChI=1S/C4H10OP2/c5-7-3-1-6-2-4-7/h5-6H,1-4H2. The Morgan fingerprint density at radius 3 is 2.14 bits per heavy atom.